The van der Waals surface area contributed by atoms with Crippen molar-refractivity contribution in [2.75, 3.05) is 11.9 Å². The van der Waals surface area contributed by atoms with E-state index in [9.17, 15) is 0 Å². The third-order valence-corrected chi connectivity index (χ3v) is 4.73. The highest BCUT2D eigenvalue weighted by Gasteiger charge is 2.10. The fraction of sp³-hybridized carbons (Fsp3) is 0.467. The van der Waals surface area contributed by atoms with Crippen LogP contribution in [0, 0.1) is 6.92 Å². The van der Waals surface area contributed by atoms with E-state index < -0.39 is 0 Å². The molecule has 2 aromatic heterocycles. The van der Waals surface area contributed by atoms with E-state index >= 15 is 0 Å². The monoisotopic (exact) mass is 307 g/mol. The molecule has 3 nitrogen and oxygen atoms in total. The van der Waals surface area contributed by atoms with Gasteiger partial charge in [-0.1, -0.05) is 11.6 Å². The molecule has 0 aliphatic heterocycles. The van der Waals surface area contributed by atoms with Crippen molar-refractivity contribution in [3.63, 3.8) is 0 Å². The third-order valence-electron chi connectivity index (χ3n) is 3.61. The first kappa shape index (κ1) is 13.8. The minimum Gasteiger partial charge on any atom is -0.369 e. The molecule has 1 aliphatic carbocycles. The summed E-state index contributed by atoms with van der Waals surface area (Å²) in [4.78, 5) is 10.8. The van der Waals surface area contributed by atoms with Crippen molar-refractivity contribution in [3.05, 3.63) is 27.9 Å². The Bertz CT molecular complexity index is 648. The van der Waals surface area contributed by atoms with Crippen LogP contribution >= 0.6 is 22.9 Å². The molecule has 0 amide bonds. The maximum absolute atomic E-state index is 5.99. The van der Waals surface area contributed by atoms with Crippen LogP contribution in [0.25, 0.3) is 10.2 Å². The van der Waals surface area contributed by atoms with Gasteiger partial charge < -0.3 is 5.32 Å². The Hall–Kier alpha value is -1.13. The second-order valence-electron chi connectivity index (χ2n) is 5.20. The zero-order valence-electron chi connectivity index (χ0n) is 11.6. The Kier molecular flexibility index (Phi) is 4.22. The fourth-order valence-electron chi connectivity index (χ4n) is 2.62. The van der Waals surface area contributed by atoms with Crippen LogP contribution in [0.2, 0.25) is 5.28 Å². The number of aromatic nitrogens is 2. The summed E-state index contributed by atoms with van der Waals surface area (Å²) in [5, 5.41) is 4.82. The highest BCUT2D eigenvalue weighted by atomic mass is 35.5. The van der Waals surface area contributed by atoms with Crippen molar-refractivity contribution in [1.82, 2.24) is 9.97 Å². The van der Waals surface area contributed by atoms with Crippen molar-refractivity contribution in [2.24, 2.45) is 0 Å². The standard InChI is InChI=1S/C15H18ClN3S/c1-10-9-12-13(18-15(16)19-14(12)20-10)17-8-7-11-5-3-2-4-6-11/h5,9H,2-4,6-8H2,1H3,(H,17,18,19). The van der Waals surface area contributed by atoms with Gasteiger partial charge >= 0.3 is 0 Å². The van der Waals surface area contributed by atoms with Gasteiger partial charge in [0.25, 0.3) is 0 Å². The molecule has 1 aliphatic rings. The van der Waals surface area contributed by atoms with Gasteiger partial charge in [-0.2, -0.15) is 0 Å². The van der Waals surface area contributed by atoms with Crippen LogP contribution in [0.5, 0.6) is 0 Å². The van der Waals surface area contributed by atoms with Crippen molar-refractivity contribution in [1.29, 1.82) is 0 Å². The quantitative estimate of drug-likeness (QED) is 0.641. The molecule has 106 valence electrons. The maximum atomic E-state index is 5.99. The zero-order valence-corrected chi connectivity index (χ0v) is 13.2. The Morgan fingerprint density at radius 2 is 2.25 bits per heavy atom. The molecule has 0 aromatic carbocycles. The number of rotatable bonds is 4. The first-order valence-corrected chi connectivity index (χ1v) is 8.27. The van der Waals surface area contributed by atoms with Crippen LogP contribution in [0.4, 0.5) is 5.82 Å². The lowest BCUT2D eigenvalue weighted by Crippen LogP contribution is -2.06. The van der Waals surface area contributed by atoms with Gasteiger partial charge in [-0.3, -0.25) is 0 Å². The predicted octanol–water partition coefficient (Wildman–Crippen LogP) is 4.96. The van der Waals surface area contributed by atoms with Crippen molar-refractivity contribution < 1.29 is 0 Å². The Morgan fingerprint density at radius 3 is 3.05 bits per heavy atom. The normalized spacial score (nSPS) is 15.4. The minimum atomic E-state index is 0.318. The number of anilines is 1. The molecule has 0 unspecified atom stereocenters. The summed E-state index contributed by atoms with van der Waals surface area (Å²) in [6, 6.07) is 2.12. The predicted molar refractivity (Wildman–Crippen MR) is 86.8 cm³/mol. The largest absolute Gasteiger partial charge is 0.369 e. The lowest BCUT2D eigenvalue weighted by atomic mass is 9.97. The molecule has 20 heavy (non-hydrogen) atoms. The molecule has 0 spiro atoms. The van der Waals surface area contributed by atoms with Crippen molar-refractivity contribution in [2.45, 2.75) is 39.0 Å². The summed E-state index contributed by atoms with van der Waals surface area (Å²) in [6.45, 7) is 2.99. The number of allylic oxidation sites excluding steroid dienone is 1. The van der Waals surface area contributed by atoms with Gasteiger partial charge in [0.1, 0.15) is 10.6 Å². The molecule has 0 atom stereocenters. The lowest BCUT2D eigenvalue weighted by Gasteiger charge is -2.13. The van der Waals surface area contributed by atoms with E-state index in [4.69, 9.17) is 11.6 Å². The van der Waals surface area contributed by atoms with Gasteiger partial charge in [0, 0.05) is 11.4 Å². The topological polar surface area (TPSA) is 37.8 Å². The zero-order chi connectivity index (χ0) is 13.9. The molecule has 0 fully saturated rings. The van der Waals surface area contributed by atoms with Gasteiger partial charge in [0.05, 0.1) is 5.39 Å². The van der Waals surface area contributed by atoms with Crippen LogP contribution in [-0.4, -0.2) is 16.5 Å². The third kappa shape index (κ3) is 3.13. The number of fused-ring (bicyclic) bond motifs is 1. The Balaban J connectivity index is 1.72. The fourth-order valence-corrected chi connectivity index (χ4v) is 3.72. The average Bonchev–Trinajstić information content (AvgIpc) is 2.80. The van der Waals surface area contributed by atoms with Crippen LogP contribution in [0.3, 0.4) is 0 Å². The second kappa shape index (κ2) is 6.10. The molecule has 1 N–H and O–H groups in total. The number of halogens is 1. The van der Waals surface area contributed by atoms with E-state index in [1.807, 2.05) is 0 Å². The van der Waals surface area contributed by atoms with Crippen LogP contribution < -0.4 is 5.32 Å². The van der Waals surface area contributed by atoms with Gasteiger partial charge in [-0.15, -0.1) is 11.3 Å². The number of hydrogen-bond donors (Lipinski definition) is 1. The van der Waals surface area contributed by atoms with E-state index in [2.05, 4.69) is 34.4 Å². The Morgan fingerprint density at radius 1 is 1.35 bits per heavy atom. The molecule has 2 aromatic rings. The first-order valence-electron chi connectivity index (χ1n) is 7.08. The lowest BCUT2D eigenvalue weighted by molar-refractivity contribution is 0.679. The maximum Gasteiger partial charge on any atom is 0.225 e. The molecule has 5 heteroatoms. The van der Waals surface area contributed by atoms with Gasteiger partial charge in [0.15, 0.2) is 0 Å². The summed E-state index contributed by atoms with van der Waals surface area (Å²) in [5.74, 6) is 0.862. The summed E-state index contributed by atoms with van der Waals surface area (Å²) < 4.78 is 0. The smallest absolute Gasteiger partial charge is 0.225 e. The van der Waals surface area contributed by atoms with Crippen LogP contribution in [0.15, 0.2) is 17.7 Å². The van der Waals surface area contributed by atoms with E-state index in [0.29, 0.717) is 5.28 Å². The first-order chi connectivity index (χ1) is 9.72. The molecule has 2 heterocycles. The van der Waals surface area contributed by atoms with E-state index in [-0.39, 0.29) is 0 Å². The van der Waals surface area contributed by atoms with E-state index in [1.54, 1.807) is 16.9 Å². The second-order valence-corrected chi connectivity index (χ2v) is 6.77. The molecule has 0 bridgehead atoms. The number of aryl methyl sites for hydroxylation is 1. The number of nitrogens with zero attached hydrogens (tertiary/aromatic N) is 2. The molecule has 0 saturated carbocycles. The summed E-state index contributed by atoms with van der Waals surface area (Å²) >= 11 is 7.65. The van der Waals surface area contributed by atoms with Crippen LogP contribution in [-0.2, 0) is 0 Å². The van der Waals surface area contributed by atoms with E-state index in [1.165, 1.54) is 30.6 Å². The van der Waals surface area contributed by atoms with Crippen molar-refractivity contribution in [3.8, 4) is 0 Å². The summed E-state index contributed by atoms with van der Waals surface area (Å²) in [7, 11) is 0. The van der Waals surface area contributed by atoms with E-state index in [0.717, 1.165) is 29.0 Å². The van der Waals surface area contributed by atoms with Crippen LogP contribution in [0.1, 0.15) is 37.0 Å². The number of hydrogen-bond acceptors (Lipinski definition) is 4. The minimum absolute atomic E-state index is 0.318. The summed E-state index contributed by atoms with van der Waals surface area (Å²) in [6.07, 6.45) is 8.64. The number of nitrogens with one attached hydrogen (secondary N) is 1. The highest BCUT2D eigenvalue weighted by Crippen LogP contribution is 2.29. The van der Waals surface area contributed by atoms with Crippen molar-refractivity contribution >= 4 is 39.0 Å². The average molecular weight is 308 g/mol. The summed E-state index contributed by atoms with van der Waals surface area (Å²) in [5.41, 5.74) is 1.57. The van der Waals surface area contributed by atoms with Gasteiger partial charge in [-0.05, 0) is 56.7 Å². The molecule has 0 radical (unpaired) electrons. The molecular formula is C15H18ClN3S. The molecular weight excluding hydrogens is 290 g/mol. The van der Waals surface area contributed by atoms with Gasteiger partial charge in [-0.25, -0.2) is 9.97 Å². The number of thiophene rings is 1. The molecule has 0 saturated heterocycles. The van der Waals surface area contributed by atoms with Gasteiger partial charge in [0.2, 0.25) is 5.28 Å². The SMILES string of the molecule is Cc1cc2c(NCCC3=CCCCC3)nc(Cl)nc2s1. The molecule has 3 rings (SSSR count). The Labute approximate surface area is 128 Å². The highest BCUT2D eigenvalue weighted by molar-refractivity contribution is 7.18.